The van der Waals surface area contributed by atoms with E-state index in [4.69, 9.17) is 0 Å². The van der Waals surface area contributed by atoms with Crippen molar-refractivity contribution in [2.75, 3.05) is 5.32 Å². The first-order chi connectivity index (χ1) is 12.7. The molecule has 8 heteroatoms. The molecule has 0 spiro atoms. The number of anilines is 1. The highest BCUT2D eigenvalue weighted by Crippen LogP contribution is 2.32. The lowest BCUT2D eigenvalue weighted by Gasteiger charge is -2.02. The summed E-state index contributed by atoms with van der Waals surface area (Å²) in [5, 5.41) is 9.62. The summed E-state index contributed by atoms with van der Waals surface area (Å²) in [5.41, 5.74) is 4.05. The number of fused-ring (bicyclic) bond motifs is 1. The normalized spacial score (nSPS) is 11.0. The van der Waals surface area contributed by atoms with E-state index in [1.807, 2.05) is 37.4 Å². The number of aryl methyl sites for hydroxylation is 1. The Bertz CT molecular complexity index is 1060. The van der Waals surface area contributed by atoms with Gasteiger partial charge in [-0.05, 0) is 42.8 Å². The minimum atomic E-state index is -0.232. The van der Waals surface area contributed by atoms with Crippen LogP contribution in [0.2, 0.25) is 0 Å². The SMILES string of the molecule is Cc1cc(C(=O)Nc2ccc3nc(SCc4cccnc4)sc3c2)n[nH]1. The minimum Gasteiger partial charge on any atom is -0.321 e. The van der Waals surface area contributed by atoms with Gasteiger partial charge in [0.25, 0.3) is 5.91 Å². The van der Waals surface area contributed by atoms with E-state index in [2.05, 4.69) is 31.5 Å². The average Bonchev–Trinajstić information content (AvgIpc) is 3.26. The zero-order chi connectivity index (χ0) is 17.9. The Hall–Kier alpha value is -2.71. The number of nitrogens with zero attached hydrogens (tertiary/aromatic N) is 3. The van der Waals surface area contributed by atoms with E-state index < -0.39 is 0 Å². The molecule has 0 atom stereocenters. The lowest BCUT2D eigenvalue weighted by Crippen LogP contribution is -2.12. The molecule has 0 radical (unpaired) electrons. The molecule has 0 aliphatic heterocycles. The number of benzene rings is 1. The van der Waals surface area contributed by atoms with E-state index in [1.54, 1.807) is 35.4 Å². The molecule has 3 heterocycles. The summed E-state index contributed by atoms with van der Waals surface area (Å²) < 4.78 is 2.03. The van der Waals surface area contributed by atoms with Gasteiger partial charge in [-0.15, -0.1) is 11.3 Å². The molecular weight excluding hydrogens is 366 g/mol. The van der Waals surface area contributed by atoms with Crippen molar-refractivity contribution in [3.05, 3.63) is 65.7 Å². The number of pyridine rings is 1. The second kappa shape index (κ2) is 7.27. The van der Waals surface area contributed by atoms with E-state index in [0.29, 0.717) is 5.69 Å². The number of nitrogens with one attached hydrogen (secondary N) is 2. The predicted octanol–water partition coefficient (Wildman–Crippen LogP) is 4.27. The van der Waals surface area contributed by atoms with Gasteiger partial charge in [-0.25, -0.2) is 4.98 Å². The summed E-state index contributed by atoms with van der Waals surface area (Å²) >= 11 is 3.30. The highest BCUT2D eigenvalue weighted by atomic mass is 32.2. The number of thioether (sulfide) groups is 1. The first-order valence-corrected chi connectivity index (χ1v) is 9.73. The van der Waals surface area contributed by atoms with Crippen LogP contribution >= 0.6 is 23.1 Å². The van der Waals surface area contributed by atoms with E-state index in [9.17, 15) is 4.79 Å². The van der Waals surface area contributed by atoms with Gasteiger partial charge in [-0.3, -0.25) is 14.9 Å². The number of carbonyl (C=O) groups excluding carboxylic acids is 1. The third kappa shape index (κ3) is 3.76. The molecule has 0 bridgehead atoms. The van der Waals surface area contributed by atoms with Crippen LogP contribution in [0, 0.1) is 6.92 Å². The van der Waals surface area contributed by atoms with Gasteiger partial charge in [-0.2, -0.15) is 5.10 Å². The fourth-order valence-corrected chi connectivity index (χ4v) is 4.44. The van der Waals surface area contributed by atoms with Gasteiger partial charge in [0.15, 0.2) is 10.0 Å². The second-order valence-electron chi connectivity index (χ2n) is 5.70. The van der Waals surface area contributed by atoms with E-state index in [1.165, 1.54) is 5.56 Å². The Morgan fingerprint density at radius 2 is 2.23 bits per heavy atom. The molecule has 1 aromatic carbocycles. The Kier molecular flexibility index (Phi) is 4.68. The molecule has 4 aromatic rings. The van der Waals surface area contributed by atoms with E-state index >= 15 is 0 Å². The monoisotopic (exact) mass is 381 g/mol. The molecule has 0 saturated heterocycles. The number of aromatic amines is 1. The van der Waals surface area contributed by atoms with Crippen LogP contribution in [0.15, 0.2) is 53.1 Å². The molecule has 0 fully saturated rings. The molecule has 26 heavy (non-hydrogen) atoms. The molecule has 130 valence electrons. The molecule has 0 unspecified atom stereocenters. The first-order valence-electron chi connectivity index (χ1n) is 7.93. The van der Waals surface area contributed by atoms with Crippen molar-refractivity contribution in [2.45, 2.75) is 17.0 Å². The Labute approximate surface area is 158 Å². The Morgan fingerprint density at radius 3 is 3.00 bits per heavy atom. The molecule has 0 aliphatic carbocycles. The van der Waals surface area contributed by atoms with Crippen LogP contribution in [-0.4, -0.2) is 26.1 Å². The summed E-state index contributed by atoms with van der Waals surface area (Å²) in [4.78, 5) is 21.0. The molecule has 0 saturated carbocycles. The Balaban J connectivity index is 1.47. The maximum atomic E-state index is 12.2. The zero-order valence-electron chi connectivity index (χ0n) is 13.9. The lowest BCUT2D eigenvalue weighted by atomic mass is 10.3. The van der Waals surface area contributed by atoms with Crippen molar-refractivity contribution in [2.24, 2.45) is 0 Å². The van der Waals surface area contributed by atoms with Crippen LogP contribution in [-0.2, 0) is 5.75 Å². The van der Waals surface area contributed by atoms with Crippen molar-refractivity contribution >= 4 is 44.9 Å². The van der Waals surface area contributed by atoms with Crippen molar-refractivity contribution in [3.8, 4) is 0 Å². The van der Waals surface area contributed by atoms with Gasteiger partial charge in [0.2, 0.25) is 0 Å². The Morgan fingerprint density at radius 1 is 1.31 bits per heavy atom. The van der Waals surface area contributed by atoms with Crippen molar-refractivity contribution in [1.82, 2.24) is 20.2 Å². The first kappa shape index (κ1) is 16.7. The third-order valence-corrected chi connectivity index (χ3v) is 5.88. The van der Waals surface area contributed by atoms with Crippen molar-refractivity contribution < 1.29 is 4.79 Å². The predicted molar refractivity (Wildman–Crippen MR) is 105 cm³/mol. The highest BCUT2D eigenvalue weighted by Gasteiger charge is 2.11. The van der Waals surface area contributed by atoms with Gasteiger partial charge in [0.1, 0.15) is 0 Å². The number of rotatable bonds is 5. The molecule has 3 aromatic heterocycles. The van der Waals surface area contributed by atoms with Crippen molar-refractivity contribution in [1.29, 1.82) is 0 Å². The average molecular weight is 381 g/mol. The largest absolute Gasteiger partial charge is 0.321 e. The van der Waals surface area contributed by atoms with Gasteiger partial charge in [-0.1, -0.05) is 17.8 Å². The molecule has 4 rings (SSSR count). The minimum absolute atomic E-state index is 0.232. The fourth-order valence-electron chi connectivity index (χ4n) is 2.40. The van der Waals surface area contributed by atoms with Gasteiger partial charge in [0, 0.05) is 29.5 Å². The number of amides is 1. The number of aromatic nitrogens is 4. The van der Waals surface area contributed by atoms with Gasteiger partial charge in [0.05, 0.1) is 10.2 Å². The van der Waals surface area contributed by atoms with Crippen LogP contribution in [0.4, 0.5) is 5.69 Å². The summed E-state index contributed by atoms with van der Waals surface area (Å²) in [6.07, 6.45) is 3.64. The standard InChI is InChI=1S/C18H15N5OS2/c1-11-7-15(23-22-11)17(24)20-13-4-5-14-16(8-13)26-18(21-14)25-10-12-3-2-6-19-9-12/h2-9H,10H2,1H3,(H,20,24)(H,22,23). The number of thiazole rings is 1. The molecule has 6 nitrogen and oxygen atoms in total. The van der Waals surface area contributed by atoms with E-state index in [-0.39, 0.29) is 5.91 Å². The smallest absolute Gasteiger partial charge is 0.276 e. The third-order valence-electron chi connectivity index (χ3n) is 3.65. The van der Waals surface area contributed by atoms with Crippen molar-refractivity contribution in [3.63, 3.8) is 0 Å². The molecule has 1 amide bonds. The number of hydrogen-bond donors (Lipinski definition) is 2. The lowest BCUT2D eigenvalue weighted by molar-refractivity contribution is 0.102. The maximum absolute atomic E-state index is 12.2. The molecular formula is C18H15N5OS2. The summed E-state index contributed by atoms with van der Waals surface area (Å²) in [6.45, 7) is 1.86. The van der Waals surface area contributed by atoms with Crippen LogP contribution in [0.1, 0.15) is 21.7 Å². The quantitative estimate of drug-likeness (QED) is 0.505. The number of H-pyrrole nitrogens is 1. The van der Waals surface area contributed by atoms with Gasteiger partial charge >= 0.3 is 0 Å². The van der Waals surface area contributed by atoms with Gasteiger partial charge < -0.3 is 5.32 Å². The maximum Gasteiger partial charge on any atom is 0.276 e. The van der Waals surface area contributed by atoms with E-state index in [0.717, 1.165) is 31.7 Å². The second-order valence-corrected chi connectivity index (χ2v) is 7.96. The topological polar surface area (TPSA) is 83.6 Å². The number of carbonyl (C=O) groups is 1. The molecule has 0 aliphatic rings. The van der Waals surface area contributed by atoms with Crippen LogP contribution in [0.5, 0.6) is 0 Å². The fraction of sp³-hybridized carbons (Fsp3) is 0.111. The highest BCUT2D eigenvalue weighted by molar-refractivity contribution is 8.00. The van der Waals surface area contributed by atoms with Crippen LogP contribution in [0.3, 0.4) is 0 Å². The summed E-state index contributed by atoms with van der Waals surface area (Å²) in [5.74, 6) is 0.597. The zero-order valence-corrected chi connectivity index (χ0v) is 15.5. The van der Waals surface area contributed by atoms with Crippen LogP contribution in [0.25, 0.3) is 10.2 Å². The number of hydrogen-bond acceptors (Lipinski definition) is 6. The summed E-state index contributed by atoms with van der Waals surface area (Å²) in [7, 11) is 0. The molecule has 2 N–H and O–H groups in total. The van der Waals surface area contributed by atoms with Crippen LogP contribution < -0.4 is 5.32 Å². The summed E-state index contributed by atoms with van der Waals surface area (Å²) in [6, 6.07) is 11.4.